The van der Waals surface area contributed by atoms with Gasteiger partial charge < -0.3 is 10.8 Å². The van der Waals surface area contributed by atoms with Crippen molar-refractivity contribution >= 4 is 11.9 Å². The highest BCUT2D eigenvalue weighted by Crippen LogP contribution is 2.14. The zero-order valence-corrected chi connectivity index (χ0v) is 9.54. The predicted molar refractivity (Wildman–Crippen MR) is 57.4 cm³/mol. The van der Waals surface area contributed by atoms with Crippen LogP contribution in [0.15, 0.2) is 0 Å². The second-order valence-electron chi connectivity index (χ2n) is 3.89. The molecule has 0 rings (SSSR count). The molecule has 15 heavy (non-hydrogen) atoms. The van der Waals surface area contributed by atoms with Gasteiger partial charge in [0.1, 0.15) is 5.54 Å². The smallest absolute Gasteiger partial charge is 0.323 e. The first-order chi connectivity index (χ1) is 6.87. The molecule has 5 heteroatoms. The van der Waals surface area contributed by atoms with Gasteiger partial charge in [-0.25, -0.2) is 0 Å². The van der Waals surface area contributed by atoms with E-state index >= 15 is 0 Å². The zero-order chi connectivity index (χ0) is 12.1. The van der Waals surface area contributed by atoms with Crippen LogP contribution < -0.4 is 11.1 Å². The van der Waals surface area contributed by atoms with Crippen LogP contribution in [0.25, 0.3) is 0 Å². The molecule has 5 nitrogen and oxygen atoms in total. The molecule has 0 aromatic heterocycles. The minimum atomic E-state index is -1.08. The lowest BCUT2D eigenvalue weighted by molar-refractivity contribution is -0.145. The van der Waals surface area contributed by atoms with E-state index in [1.54, 1.807) is 13.8 Å². The van der Waals surface area contributed by atoms with Crippen LogP contribution in [0.3, 0.4) is 0 Å². The molecule has 0 heterocycles. The highest BCUT2D eigenvalue weighted by Gasteiger charge is 2.35. The van der Waals surface area contributed by atoms with E-state index < -0.39 is 23.5 Å². The number of carboxylic acids is 1. The molecule has 0 aliphatic rings. The molecule has 0 fully saturated rings. The first kappa shape index (κ1) is 13.9. The zero-order valence-electron chi connectivity index (χ0n) is 9.54. The Morgan fingerprint density at radius 3 is 2.27 bits per heavy atom. The van der Waals surface area contributed by atoms with Crippen LogP contribution in [-0.4, -0.2) is 28.6 Å². The van der Waals surface area contributed by atoms with Crippen LogP contribution in [-0.2, 0) is 9.59 Å². The lowest BCUT2D eigenvalue weighted by Crippen LogP contribution is -2.57. The molecule has 0 aliphatic heterocycles. The van der Waals surface area contributed by atoms with E-state index in [1.807, 2.05) is 6.92 Å². The Balaban J connectivity index is 4.65. The Morgan fingerprint density at radius 2 is 2.00 bits per heavy atom. The number of nitrogens with two attached hydrogens (primary N) is 1. The number of hydrogen-bond acceptors (Lipinski definition) is 3. The Hall–Kier alpha value is -1.10. The molecule has 0 radical (unpaired) electrons. The van der Waals surface area contributed by atoms with Crippen LogP contribution >= 0.6 is 0 Å². The molecule has 4 N–H and O–H groups in total. The van der Waals surface area contributed by atoms with Crippen molar-refractivity contribution in [3.63, 3.8) is 0 Å². The van der Waals surface area contributed by atoms with Crippen LogP contribution in [0, 0.1) is 0 Å². The first-order valence-corrected chi connectivity index (χ1v) is 5.17. The van der Waals surface area contributed by atoms with Gasteiger partial charge in [-0.1, -0.05) is 20.3 Å². The number of amides is 1. The molecule has 0 aromatic carbocycles. The SMILES string of the molecule is CCCC(C)(NC(CC)C(N)=O)C(=O)O. The number of carbonyl (C=O) groups is 2. The Morgan fingerprint density at radius 1 is 1.47 bits per heavy atom. The maximum absolute atomic E-state index is 11.1. The van der Waals surface area contributed by atoms with Gasteiger partial charge in [0.2, 0.25) is 5.91 Å². The molecule has 0 spiro atoms. The van der Waals surface area contributed by atoms with Crippen molar-refractivity contribution in [1.82, 2.24) is 5.32 Å². The minimum absolute atomic E-state index is 0.464. The molecule has 0 bridgehead atoms. The summed E-state index contributed by atoms with van der Waals surface area (Å²) in [7, 11) is 0. The highest BCUT2D eigenvalue weighted by molar-refractivity contribution is 5.83. The van der Waals surface area contributed by atoms with E-state index in [9.17, 15) is 9.59 Å². The summed E-state index contributed by atoms with van der Waals surface area (Å²) in [4.78, 5) is 22.1. The van der Waals surface area contributed by atoms with E-state index in [0.717, 1.165) is 6.42 Å². The average molecular weight is 216 g/mol. The topological polar surface area (TPSA) is 92.4 Å². The molecule has 2 atom stereocenters. The summed E-state index contributed by atoms with van der Waals surface area (Å²) in [6, 6.07) is -0.586. The van der Waals surface area contributed by atoms with Crippen LogP contribution in [0.1, 0.15) is 40.0 Å². The van der Waals surface area contributed by atoms with Crippen molar-refractivity contribution in [2.45, 2.75) is 51.6 Å². The van der Waals surface area contributed by atoms with Crippen LogP contribution in [0.4, 0.5) is 0 Å². The third-order valence-corrected chi connectivity index (χ3v) is 2.47. The summed E-state index contributed by atoms with van der Waals surface area (Å²) in [5, 5.41) is 11.9. The third kappa shape index (κ3) is 3.87. The summed E-state index contributed by atoms with van der Waals surface area (Å²) >= 11 is 0. The molecule has 1 amide bonds. The van der Waals surface area contributed by atoms with E-state index in [1.165, 1.54) is 0 Å². The largest absolute Gasteiger partial charge is 0.480 e. The summed E-state index contributed by atoms with van der Waals surface area (Å²) in [5.74, 6) is -1.47. The van der Waals surface area contributed by atoms with Gasteiger partial charge in [-0.15, -0.1) is 0 Å². The molecular weight excluding hydrogens is 196 g/mol. The van der Waals surface area contributed by atoms with Crippen LogP contribution in [0.2, 0.25) is 0 Å². The van der Waals surface area contributed by atoms with Crippen molar-refractivity contribution in [3.8, 4) is 0 Å². The first-order valence-electron chi connectivity index (χ1n) is 5.17. The number of carbonyl (C=O) groups excluding carboxylic acids is 1. The maximum Gasteiger partial charge on any atom is 0.323 e. The summed E-state index contributed by atoms with van der Waals surface area (Å²) in [6.07, 6.45) is 1.68. The summed E-state index contributed by atoms with van der Waals surface area (Å²) in [5.41, 5.74) is 4.08. The van der Waals surface area contributed by atoms with E-state index in [-0.39, 0.29) is 0 Å². The molecule has 88 valence electrons. The number of hydrogen-bond donors (Lipinski definition) is 3. The minimum Gasteiger partial charge on any atom is -0.480 e. The fourth-order valence-corrected chi connectivity index (χ4v) is 1.50. The number of rotatable bonds is 7. The van der Waals surface area contributed by atoms with E-state index in [4.69, 9.17) is 10.8 Å². The van der Waals surface area contributed by atoms with Crippen molar-refractivity contribution in [2.24, 2.45) is 5.73 Å². The fraction of sp³-hybridized carbons (Fsp3) is 0.800. The van der Waals surface area contributed by atoms with Crippen molar-refractivity contribution in [1.29, 1.82) is 0 Å². The summed E-state index contributed by atoms with van der Waals surface area (Å²) in [6.45, 7) is 5.26. The Bertz CT molecular complexity index is 243. The van der Waals surface area contributed by atoms with Gasteiger partial charge in [-0.2, -0.15) is 0 Å². The van der Waals surface area contributed by atoms with Crippen molar-refractivity contribution in [2.75, 3.05) is 0 Å². The molecule has 0 aliphatic carbocycles. The second kappa shape index (κ2) is 5.70. The number of nitrogens with one attached hydrogen (secondary N) is 1. The third-order valence-electron chi connectivity index (χ3n) is 2.47. The summed E-state index contributed by atoms with van der Waals surface area (Å²) < 4.78 is 0. The normalized spacial score (nSPS) is 16.7. The van der Waals surface area contributed by atoms with Gasteiger partial charge in [0.25, 0.3) is 0 Å². The van der Waals surface area contributed by atoms with Crippen molar-refractivity contribution in [3.05, 3.63) is 0 Å². The van der Waals surface area contributed by atoms with Gasteiger partial charge in [0.15, 0.2) is 0 Å². The van der Waals surface area contributed by atoms with E-state index in [2.05, 4.69) is 5.32 Å². The number of aliphatic carboxylic acids is 1. The van der Waals surface area contributed by atoms with Gasteiger partial charge in [0.05, 0.1) is 6.04 Å². The number of carboxylic acid groups (broad SMARTS) is 1. The van der Waals surface area contributed by atoms with Crippen LogP contribution in [0.5, 0.6) is 0 Å². The highest BCUT2D eigenvalue weighted by atomic mass is 16.4. The lowest BCUT2D eigenvalue weighted by atomic mass is 9.94. The molecule has 2 unspecified atom stereocenters. The maximum atomic E-state index is 11.1. The fourth-order valence-electron chi connectivity index (χ4n) is 1.50. The monoisotopic (exact) mass is 216 g/mol. The molecule has 0 saturated heterocycles. The van der Waals surface area contributed by atoms with Gasteiger partial charge >= 0.3 is 5.97 Å². The van der Waals surface area contributed by atoms with Gasteiger partial charge in [-0.3, -0.25) is 14.9 Å². The second-order valence-corrected chi connectivity index (χ2v) is 3.89. The van der Waals surface area contributed by atoms with E-state index in [0.29, 0.717) is 12.8 Å². The molecule has 0 aromatic rings. The molecular formula is C10H20N2O3. The predicted octanol–water partition coefficient (Wildman–Crippen LogP) is 0.483. The van der Waals surface area contributed by atoms with Crippen molar-refractivity contribution < 1.29 is 14.7 Å². The average Bonchev–Trinajstić information content (AvgIpc) is 2.14. The molecule has 0 saturated carbocycles. The standard InChI is InChI=1S/C10H20N2O3/c1-4-6-10(3,9(14)15)12-7(5-2)8(11)13/h7,12H,4-6H2,1-3H3,(H2,11,13)(H,14,15). The van der Waals surface area contributed by atoms with Gasteiger partial charge in [-0.05, 0) is 19.8 Å². The van der Waals surface area contributed by atoms with Gasteiger partial charge in [0, 0.05) is 0 Å². The lowest BCUT2D eigenvalue weighted by Gasteiger charge is -2.29. The quantitative estimate of drug-likeness (QED) is 0.577. The Kier molecular flexibility index (Phi) is 5.28. The Labute approximate surface area is 90.0 Å². The number of primary amides is 1.